The molecule has 4 rings (SSSR count). The molecule has 0 fully saturated rings. The summed E-state index contributed by atoms with van der Waals surface area (Å²) in [4.78, 5) is 16.9. The van der Waals surface area contributed by atoms with Crippen molar-refractivity contribution < 1.29 is 4.79 Å². The maximum atomic E-state index is 12.2. The molecule has 0 unspecified atom stereocenters. The molecule has 0 radical (unpaired) electrons. The van der Waals surface area contributed by atoms with Crippen LogP contribution in [-0.4, -0.2) is 38.6 Å². The maximum absolute atomic E-state index is 12.2. The molecule has 2 aromatic carbocycles. The number of benzene rings is 2. The fraction of sp³-hybridized carbons (Fsp3) is 0.238. The molecule has 0 atom stereocenters. The largest absolute Gasteiger partial charge is 0.367 e. The van der Waals surface area contributed by atoms with Crippen molar-refractivity contribution in [2.24, 2.45) is 0 Å². The molecule has 9 heteroatoms. The molecule has 0 saturated carbocycles. The highest BCUT2D eigenvalue weighted by molar-refractivity contribution is 6.42. The Morgan fingerprint density at radius 3 is 2.67 bits per heavy atom. The van der Waals surface area contributed by atoms with E-state index < -0.39 is 0 Å². The van der Waals surface area contributed by atoms with Gasteiger partial charge in [0.1, 0.15) is 5.82 Å². The van der Waals surface area contributed by atoms with E-state index in [1.54, 1.807) is 18.2 Å². The van der Waals surface area contributed by atoms with E-state index in [9.17, 15) is 4.79 Å². The first-order chi connectivity index (χ1) is 14.5. The van der Waals surface area contributed by atoms with Crippen molar-refractivity contribution in [1.82, 2.24) is 24.9 Å². The lowest BCUT2D eigenvalue weighted by Crippen LogP contribution is -2.24. The number of amides is 1. The Bertz CT molecular complexity index is 1220. The first kappa shape index (κ1) is 20.4. The number of carbonyl (C=O) groups is 1. The van der Waals surface area contributed by atoms with Gasteiger partial charge in [0.2, 0.25) is 5.65 Å². The number of nitrogens with zero attached hydrogens (tertiary/aromatic N) is 4. The van der Waals surface area contributed by atoms with E-state index >= 15 is 0 Å². The normalized spacial score (nSPS) is 11.2. The fourth-order valence-corrected chi connectivity index (χ4v) is 3.54. The molecule has 0 spiro atoms. The number of anilines is 1. The van der Waals surface area contributed by atoms with E-state index in [1.165, 1.54) is 0 Å². The van der Waals surface area contributed by atoms with Crippen molar-refractivity contribution in [1.29, 1.82) is 0 Å². The van der Waals surface area contributed by atoms with Gasteiger partial charge in [0.25, 0.3) is 5.91 Å². The first-order valence-electron chi connectivity index (χ1n) is 9.62. The molecule has 2 N–H and O–H groups in total. The number of para-hydroxylation sites is 2. The lowest BCUT2D eigenvalue weighted by molar-refractivity contribution is 0.0953. The molecule has 7 nitrogen and oxygen atoms in total. The molecule has 30 heavy (non-hydrogen) atoms. The van der Waals surface area contributed by atoms with Crippen LogP contribution in [0.4, 0.5) is 5.82 Å². The zero-order valence-corrected chi connectivity index (χ0v) is 17.8. The predicted octanol–water partition coefficient (Wildman–Crippen LogP) is 4.51. The van der Waals surface area contributed by atoms with Crippen LogP contribution in [0.1, 0.15) is 29.0 Å². The Balaban J connectivity index is 1.32. The van der Waals surface area contributed by atoms with E-state index in [4.69, 9.17) is 28.2 Å². The molecule has 0 aliphatic heterocycles. The lowest BCUT2D eigenvalue weighted by Gasteiger charge is -2.10. The van der Waals surface area contributed by atoms with Gasteiger partial charge in [-0.25, -0.2) is 4.98 Å². The second-order valence-corrected chi connectivity index (χ2v) is 7.69. The van der Waals surface area contributed by atoms with Gasteiger partial charge >= 0.3 is 0 Å². The third-order valence-electron chi connectivity index (χ3n) is 4.75. The van der Waals surface area contributed by atoms with E-state index in [1.807, 2.05) is 35.6 Å². The summed E-state index contributed by atoms with van der Waals surface area (Å²) in [6, 6.07) is 12.7. The average Bonchev–Trinajstić information content (AvgIpc) is 3.14. The molecule has 2 heterocycles. The first-order valence-corrected chi connectivity index (χ1v) is 10.4. The van der Waals surface area contributed by atoms with Crippen molar-refractivity contribution in [3.63, 3.8) is 0 Å². The number of hydrogen-bond donors (Lipinski definition) is 2. The second-order valence-electron chi connectivity index (χ2n) is 6.87. The number of rotatable bonds is 7. The summed E-state index contributed by atoms with van der Waals surface area (Å²) in [5.41, 5.74) is 3.06. The highest BCUT2D eigenvalue weighted by Crippen LogP contribution is 2.23. The number of fused-ring (bicyclic) bond motifs is 3. The lowest BCUT2D eigenvalue weighted by atomic mass is 10.2. The Hall–Kier alpha value is -2.90. The quantitative estimate of drug-likeness (QED) is 0.411. The molecular weight excluding hydrogens is 423 g/mol. The van der Waals surface area contributed by atoms with Crippen LogP contribution in [0.15, 0.2) is 42.5 Å². The standard InChI is InChI=1S/C21H20Cl2N6O/c1-13-27-28-20-19(26-17-6-2-3-7-18(17)29(13)20)24-10-4-5-11-25-21(30)14-8-9-15(22)16(23)12-14/h2-3,6-9,12H,4-5,10-11H2,1H3,(H,24,26)(H,25,30). The van der Waals surface area contributed by atoms with E-state index in [0.717, 1.165) is 29.7 Å². The fourth-order valence-electron chi connectivity index (χ4n) is 3.24. The van der Waals surface area contributed by atoms with Crippen LogP contribution in [-0.2, 0) is 0 Å². The van der Waals surface area contributed by atoms with Gasteiger partial charge in [-0.05, 0) is 50.1 Å². The van der Waals surface area contributed by atoms with Gasteiger partial charge < -0.3 is 10.6 Å². The van der Waals surface area contributed by atoms with Gasteiger partial charge in [0, 0.05) is 18.7 Å². The summed E-state index contributed by atoms with van der Waals surface area (Å²) in [5.74, 6) is 1.35. The number of aromatic nitrogens is 4. The van der Waals surface area contributed by atoms with Crippen LogP contribution >= 0.6 is 23.2 Å². The van der Waals surface area contributed by atoms with Crippen LogP contribution < -0.4 is 10.6 Å². The molecule has 0 aliphatic rings. The van der Waals surface area contributed by atoms with Crippen molar-refractivity contribution in [2.45, 2.75) is 19.8 Å². The van der Waals surface area contributed by atoms with Crippen LogP contribution in [0.3, 0.4) is 0 Å². The minimum absolute atomic E-state index is 0.168. The van der Waals surface area contributed by atoms with Crippen molar-refractivity contribution in [3.05, 3.63) is 63.9 Å². The van der Waals surface area contributed by atoms with E-state index in [-0.39, 0.29) is 5.91 Å². The summed E-state index contributed by atoms with van der Waals surface area (Å²) >= 11 is 11.8. The van der Waals surface area contributed by atoms with Crippen molar-refractivity contribution in [3.8, 4) is 0 Å². The summed E-state index contributed by atoms with van der Waals surface area (Å²) < 4.78 is 2.00. The Kier molecular flexibility index (Phi) is 6.01. The Morgan fingerprint density at radius 2 is 1.83 bits per heavy atom. The molecule has 4 aromatic rings. The van der Waals surface area contributed by atoms with Crippen LogP contribution in [0.25, 0.3) is 16.7 Å². The van der Waals surface area contributed by atoms with Gasteiger partial charge in [-0.2, -0.15) is 0 Å². The van der Waals surface area contributed by atoms with Crippen molar-refractivity contribution in [2.75, 3.05) is 18.4 Å². The van der Waals surface area contributed by atoms with E-state index in [0.29, 0.717) is 40.2 Å². The topological polar surface area (TPSA) is 84.2 Å². The molecule has 0 saturated heterocycles. The monoisotopic (exact) mass is 442 g/mol. The SMILES string of the molecule is Cc1nnc2c(NCCCCNC(=O)c3ccc(Cl)c(Cl)c3)nc3ccccc3n12. The third-order valence-corrected chi connectivity index (χ3v) is 5.49. The minimum atomic E-state index is -0.168. The molecule has 2 aromatic heterocycles. The zero-order valence-electron chi connectivity index (χ0n) is 16.3. The summed E-state index contributed by atoms with van der Waals surface area (Å²) in [6.07, 6.45) is 1.67. The Labute approximate surface area is 183 Å². The average molecular weight is 443 g/mol. The number of carbonyl (C=O) groups excluding carboxylic acids is 1. The smallest absolute Gasteiger partial charge is 0.251 e. The molecule has 1 amide bonds. The van der Waals surface area contributed by atoms with Crippen molar-refractivity contribution >= 4 is 51.6 Å². The maximum Gasteiger partial charge on any atom is 0.251 e. The van der Waals surface area contributed by atoms with Gasteiger partial charge in [0.15, 0.2) is 5.82 Å². The zero-order chi connectivity index (χ0) is 21.1. The highest BCUT2D eigenvalue weighted by Gasteiger charge is 2.12. The number of halogens is 2. The molecule has 154 valence electrons. The van der Waals surface area contributed by atoms with Crippen LogP contribution in [0.2, 0.25) is 10.0 Å². The van der Waals surface area contributed by atoms with Gasteiger partial charge in [-0.1, -0.05) is 35.3 Å². The number of unbranched alkanes of at least 4 members (excludes halogenated alkanes) is 1. The summed E-state index contributed by atoms with van der Waals surface area (Å²) in [6.45, 7) is 3.19. The van der Waals surface area contributed by atoms with Crippen LogP contribution in [0.5, 0.6) is 0 Å². The minimum Gasteiger partial charge on any atom is -0.367 e. The summed E-state index contributed by atoms with van der Waals surface area (Å²) in [5, 5.41) is 15.5. The predicted molar refractivity (Wildman–Crippen MR) is 120 cm³/mol. The molecule has 0 bridgehead atoms. The number of aryl methyl sites for hydroxylation is 1. The van der Waals surface area contributed by atoms with Gasteiger partial charge in [0.05, 0.1) is 21.1 Å². The van der Waals surface area contributed by atoms with E-state index in [2.05, 4.69) is 20.8 Å². The Morgan fingerprint density at radius 1 is 1.03 bits per heavy atom. The van der Waals surface area contributed by atoms with Crippen LogP contribution in [0, 0.1) is 6.92 Å². The van der Waals surface area contributed by atoms with Gasteiger partial charge in [-0.15, -0.1) is 10.2 Å². The second kappa shape index (κ2) is 8.85. The highest BCUT2D eigenvalue weighted by atomic mass is 35.5. The molecule has 0 aliphatic carbocycles. The summed E-state index contributed by atoms with van der Waals surface area (Å²) in [7, 11) is 0. The molecular formula is C21H20Cl2N6O. The third kappa shape index (κ3) is 4.17. The number of nitrogens with one attached hydrogen (secondary N) is 2. The number of hydrogen-bond acceptors (Lipinski definition) is 5. The van der Waals surface area contributed by atoms with Gasteiger partial charge in [-0.3, -0.25) is 9.20 Å².